The molecule has 0 aliphatic heterocycles. The lowest BCUT2D eigenvalue weighted by molar-refractivity contribution is -0.161. The van der Waals surface area contributed by atoms with Crippen LogP contribution in [0.25, 0.3) is 0 Å². The molecule has 0 aromatic heterocycles. The summed E-state index contributed by atoms with van der Waals surface area (Å²) in [5, 5.41) is 0. The third-order valence-electron chi connectivity index (χ3n) is 9.77. The molecule has 0 aromatic carbocycles. The highest BCUT2D eigenvalue weighted by atomic mass is 31.2. The van der Waals surface area contributed by atoms with Crippen molar-refractivity contribution in [1.82, 2.24) is 0 Å². The molecule has 350 valence electrons. The molecule has 2 atom stereocenters. The average molecular weight is 874 g/mol. The second kappa shape index (κ2) is 46.7. The van der Waals surface area contributed by atoms with Gasteiger partial charge in [-0.15, -0.1) is 0 Å². The van der Waals surface area contributed by atoms with Crippen LogP contribution in [0.1, 0.15) is 194 Å². The largest absolute Gasteiger partial charge is 0.472 e. The molecule has 0 aliphatic carbocycles. The zero-order valence-electron chi connectivity index (χ0n) is 38.6. The van der Waals surface area contributed by atoms with E-state index >= 15 is 0 Å². The van der Waals surface area contributed by atoms with Gasteiger partial charge in [-0.05, 0) is 89.9 Å². The van der Waals surface area contributed by atoms with Gasteiger partial charge in [0.05, 0.1) is 13.2 Å². The van der Waals surface area contributed by atoms with Crippen LogP contribution < -0.4 is 5.73 Å². The minimum absolute atomic E-state index is 0.0440. The van der Waals surface area contributed by atoms with E-state index < -0.39 is 32.5 Å². The maximum absolute atomic E-state index is 12.6. The van der Waals surface area contributed by atoms with Crippen molar-refractivity contribution in [2.45, 2.75) is 200 Å². The summed E-state index contributed by atoms with van der Waals surface area (Å²) in [6, 6.07) is 0. The van der Waals surface area contributed by atoms with Gasteiger partial charge >= 0.3 is 19.8 Å². The zero-order valence-corrected chi connectivity index (χ0v) is 39.5. The quantitative estimate of drug-likeness (QED) is 0.0265. The number of phosphoric acid groups is 1. The van der Waals surface area contributed by atoms with Crippen LogP contribution in [0, 0.1) is 0 Å². The number of hydrogen-bond donors (Lipinski definition) is 2. The standard InChI is InChI=1S/C51H88NO8P/c1-3-5-7-9-11-13-15-17-19-21-22-23-24-25-26-28-30-32-34-36-38-40-42-44-51(54)60-49(48-59-61(55,56)58-46-45-52)47-57-50(53)43-41-39-37-35-33-31-29-27-20-18-16-14-12-10-8-6-4-2/h5,7,11,13,17-20,22-23,25-26,30,32,49H,3-4,6,8-10,12,14-16,21,24,27-29,31,33-48,52H2,1-2H3,(H,55,56)/b7-5-,13-11-,19-17-,20-18-,23-22-,26-25-,32-30-. The van der Waals surface area contributed by atoms with Crippen LogP contribution in [0.15, 0.2) is 85.1 Å². The summed E-state index contributed by atoms with van der Waals surface area (Å²) in [5.74, 6) is -0.867. The van der Waals surface area contributed by atoms with E-state index in [0.29, 0.717) is 6.42 Å². The van der Waals surface area contributed by atoms with Gasteiger partial charge in [-0.1, -0.05) is 176 Å². The molecule has 0 fully saturated rings. The molecular formula is C51H88NO8P. The molecule has 3 N–H and O–H groups in total. The molecule has 0 saturated heterocycles. The Balaban J connectivity index is 4.18. The summed E-state index contributed by atoms with van der Waals surface area (Å²) < 4.78 is 32.8. The molecular weight excluding hydrogens is 786 g/mol. The number of carbonyl (C=O) groups excluding carboxylic acids is 2. The predicted molar refractivity (Wildman–Crippen MR) is 256 cm³/mol. The summed E-state index contributed by atoms with van der Waals surface area (Å²) in [7, 11) is -4.39. The van der Waals surface area contributed by atoms with Crippen molar-refractivity contribution in [3.05, 3.63) is 85.1 Å². The molecule has 0 saturated carbocycles. The second-order valence-electron chi connectivity index (χ2n) is 15.6. The molecule has 0 radical (unpaired) electrons. The number of phosphoric ester groups is 1. The van der Waals surface area contributed by atoms with Crippen molar-refractivity contribution in [3.63, 3.8) is 0 Å². The Morgan fingerprint density at radius 3 is 1.36 bits per heavy atom. The lowest BCUT2D eigenvalue weighted by Crippen LogP contribution is -2.29. The first-order valence-corrected chi connectivity index (χ1v) is 25.6. The normalized spacial score (nSPS) is 14.0. The minimum Gasteiger partial charge on any atom is -0.462 e. The van der Waals surface area contributed by atoms with E-state index in [-0.39, 0.29) is 32.6 Å². The Morgan fingerprint density at radius 1 is 0.508 bits per heavy atom. The van der Waals surface area contributed by atoms with Gasteiger partial charge < -0.3 is 20.1 Å². The Labute approximate surface area is 373 Å². The van der Waals surface area contributed by atoms with E-state index in [9.17, 15) is 19.0 Å². The second-order valence-corrected chi connectivity index (χ2v) is 17.0. The third-order valence-corrected chi connectivity index (χ3v) is 10.7. The highest BCUT2D eigenvalue weighted by molar-refractivity contribution is 7.47. The van der Waals surface area contributed by atoms with Crippen molar-refractivity contribution in [2.75, 3.05) is 26.4 Å². The van der Waals surface area contributed by atoms with Crippen LogP contribution in [0.4, 0.5) is 0 Å². The van der Waals surface area contributed by atoms with Crippen molar-refractivity contribution < 1.29 is 37.6 Å². The van der Waals surface area contributed by atoms with Gasteiger partial charge in [0.1, 0.15) is 6.61 Å². The van der Waals surface area contributed by atoms with Crippen LogP contribution in [-0.4, -0.2) is 49.3 Å². The molecule has 2 unspecified atom stereocenters. The molecule has 0 amide bonds. The first kappa shape index (κ1) is 58.2. The van der Waals surface area contributed by atoms with E-state index in [1.165, 1.54) is 64.2 Å². The highest BCUT2D eigenvalue weighted by Crippen LogP contribution is 2.43. The van der Waals surface area contributed by atoms with E-state index in [4.69, 9.17) is 24.3 Å². The van der Waals surface area contributed by atoms with Gasteiger partial charge in [0.15, 0.2) is 6.10 Å². The molecule has 0 heterocycles. The van der Waals surface area contributed by atoms with Crippen molar-refractivity contribution in [2.24, 2.45) is 5.73 Å². The number of carbonyl (C=O) groups is 2. The SMILES string of the molecule is CC/C=C\C/C=C\C/C=C\C/C=C\C/C=C\C/C=C\CCCCCCC(=O)OC(COC(=O)CCCCCCCCC/C=C\CCCCCCCC)COP(=O)(O)OCCN. The van der Waals surface area contributed by atoms with Gasteiger partial charge in [0.25, 0.3) is 0 Å². The van der Waals surface area contributed by atoms with E-state index in [1.54, 1.807) is 0 Å². The van der Waals surface area contributed by atoms with Gasteiger partial charge in [0, 0.05) is 19.4 Å². The van der Waals surface area contributed by atoms with Crippen molar-refractivity contribution in [3.8, 4) is 0 Å². The third kappa shape index (κ3) is 46.5. The molecule has 0 rings (SSSR count). The Morgan fingerprint density at radius 2 is 0.902 bits per heavy atom. The molecule has 61 heavy (non-hydrogen) atoms. The number of nitrogens with two attached hydrogens (primary N) is 1. The summed E-state index contributed by atoms with van der Waals surface area (Å²) in [6.45, 7) is 3.58. The van der Waals surface area contributed by atoms with Gasteiger partial charge in [-0.3, -0.25) is 18.6 Å². The number of allylic oxidation sites excluding steroid dienone is 14. The molecule has 0 bridgehead atoms. The number of esters is 2. The highest BCUT2D eigenvalue weighted by Gasteiger charge is 2.26. The molecule has 0 spiro atoms. The number of ether oxygens (including phenoxy) is 2. The van der Waals surface area contributed by atoms with Gasteiger partial charge in [0.2, 0.25) is 0 Å². The molecule has 0 aliphatic rings. The van der Waals surface area contributed by atoms with Gasteiger partial charge in [-0.2, -0.15) is 0 Å². The van der Waals surface area contributed by atoms with Crippen LogP contribution >= 0.6 is 7.82 Å². The Kier molecular flexibility index (Phi) is 44.5. The summed E-state index contributed by atoms with van der Waals surface area (Å²) in [5.41, 5.74) is 5.36. The Bertz CT molecular complexity index is 1270. The van der Waals surface area contributed by atoms with Crippen molar-refractivity contribution in [1.29, 1.82) is 0 Å². The minimum atomic E-state index is -4.39. The average Bonchev–Trinajstić information content (AvgIpc) is 3.25. The zero-order chi connectivity index (χ0) is 44.6. The number of unbranched alkanes of at least 4 members (excludes halogenated alkanes) is 17. The van der Waals surface area contributed by atoms with E-state index in [1.807, 2.05) is 0 Å². The first-order valence-electron chi connectivity index (χ1n) is 24.1. The topological polar surface area (TPSA) is 134 Å². The lowest BCUT2D eigenvalue weighted by Gasteiger charge is -2.19. The maximum atomic E-state index is 12.6. The monoisotopic (exact) mass is 874 g/mol. The van der Waals surface area contributed by atoms with Crippen molar-refractivity contribution >= 4 is 19.8 Å². The summed E-state index contributed by atoms with van der Waals surface area (Å²) in [4.78, 5) is 35.0. The van der Waals surface area contributed by atoms with Crippen LogP contribution in [0.3, 0.4) is 0 Å². The molecule has 10 heteroatoms. The smallest absolute Gasteiger partial charge is 0.462 e. The van der Waals surface area contributed by atoms with Crippen LogP contribution in [0.2, 0.25) is 0 Å². The maximum Gasteiger partial charge on any atom is 0.472 e. The van der Waals surface area contributed by atoms with Crippen LogP contribution in [0.5, 0.6) is 0 Å². The first-order chi connectivity index (χ1) is 29.8. The number of hydrogen-bond acceptors (Lipinski definition) is 8. The Hall–Kier alpha value is -2.81. The van der Waals surface area contributed by atoms with Gasteiger partial charge in [-0.25, -0.2) is 4.57 Å². The predicted octanol–water partition coefficient (Wildman–Crippen LogP) is 14.4. The number of rotatable bonds is 44. The fourth-order valence-corrected chi connectivity index (χ4v) is 6.99. The van der Waals surface area contributed by atoms with Crippen LogP contribution in [-0.2, 0) is 32.7 Å². The lowest BCUT2D eigenvalue weighted by atomic mass is 10.1. The fraction of sp³-hybridized carbons (Fsp3) is 0.686. The van der Waals surface area contributed by atoms with E-state index in [0.717, 1.165) is 96.3 Å². The molecule has 0 aromatic rings. The summed E-state index contributed by atoms with van der Waals surface area (Å²) >= 11 is 0. The summed E-state index contributed by atoms with van der Waals surface area (Å²) in [6.07, 6.45) is 59.0. The molecule has 9 nitrogen and oxygen atoms in total. The fourth-order valence-electron chi connectivity index (χ4n) is 6.22. The van der Waals surface area contributed by atoms with E-state index in [2.05, 4.69) is 98.9 Å².